The van der Waals surface area contributed by atoms with Gasteiger partial charge in [-0.25, -0.2) is 4.98 Å². The van der Waals surface area contributed by atoms with Gasteiger partial charge in [-0.05, 0) is 45.8 Å². The largest absolute Gasteiger partial charge is 0.343 e. The molecule has 0 unspecified atom stereocenters. The smallest absolute Gasteiger partial charge is 0.222 e. The van der Waals surface area contributed by atoms with Crippen molar-refractivity contribution in [2.45, 2.75) is 45.1 Å². The van der Waals surface area contributed by atoms with E-state index in [2.05, 4.69) is 65.9 Å². The van der Waals surface area contributed by atoms with Gasteiger partial charge in [-0.15, -0.1) is 0 Å². The molecule has 1 aliphatic heterocycles. The van der Waals surface area contributed by atoms with E-state index in [1.807, 2.05) is 11.1 Å². The number of hydrogen-bond donors (Lipinski definition) is 0. The Bertz CT molecular complexity index is 727. The number of rotatable bonds is 7. The zero-order chi connectivity index (χ0) is 19.2. The van der Waals surface area contributed by atoms with E-state index in [0.717, 1.165) is 45.4 Å². The molecular formula is C22H32N4O. The number of carbonyl (C=O) groups excluding carboxylic acids is 1. The SMILES string of the molecule is Cc1ccc(CCC(=O)N2CCC(c3nccn3CCN(C)C)CC2)cc1. The van der Waals surface area contributed by atoms with Crippen molar-refractivity contribution in [3.05, 3.63) is 53.6 Å². The van der Waals surface area contributed by atoms with Crippen molar-refractivity contribution < 1.29 is 4.79 Å². The average Bonchev–Trinajstić information content (AvgIpc) is 3.14. The van der Waals surface area contributed by atoms with Crippen LogP contribution in [0.4, 0.5) is 0 Å². The molecule has 0 bridgehead atoms. The van der Waals surface area contributed by atoms with E-state index in [-0.39, 0.29) is 5.91 Å². The molecule has 1 fully saturated rings. The number of hydrogen-bond acceptors (Lipinski definition) is 3. The summed E-state index contributed by atoms with van der Waals surface area (Å²) in [7, 11) is 4.19. The molecule has 2 aromatic rings. The summed E-state index contributed by atoms with van der Waals surface area (Å²) in [6.07, 6.45) is 7.44. The fourth-order valence-corrected chi connectivity index (χ4v) is 3.73. The second-order valence-electron chi connectivity index (χ2n) is 7.92. The minimum Gasteiger partial charge on any atom is -0.343 e. The summed E-state index contributed by atoms with van der Waals surface area (Å²) in [5, 5.41) is 0. The second-order valence-corrected chi connectivity index (χ2v) is 7.92. The predicted octanol–water partition coefficient (Wildman–Crippen LogP) is 3.09. The van der Waals surface area contributed by atoms with E-state index in [9.17, 15) is 4.79 Å². The molecule has 0 atom stereocenters. The van der Waals surface area contributed by atoms with Gasteiger partial charge in [0.2, 0.25) is 5.91 Å². The van der Waals surface area contributed by atoms with Crippen molar-refractivity contribution >= 4 is 5.91 Å². The summed E-state index contributed by atoms with van der Waals surface area (Å²) >= 11 is 0. The maximum absolute atomic E-state index is 12.6. The third-order valence-corrected chi connectivity index (χ3v) is 5.50. The number of aryl methyl sites for hydroxylation is 2. The fraction of sp³-hybridized carbons (Fsp3) is 0.545. The Balaban J connectivity index is 1.48. The Labute approximate surface area is 163 Å². The standard InChI is InChI=1S/C22H32N4O/c1-18-4-6-19(7-5-18)8-9-21(27)25-13-10-20(11-14-25)22-23-12-15-26(22)17-16-24(2)3/h4-7,12,15,20H,8-11,13-14,16-17H2,1-3H3. The van der Waals surface area contributed by atoms with E-state index < -0.39 is 0 Å². The highest BCUT2D eigenvalue weighted by Crippen LogP contribution is 2.27. The lowest BCUT2D eigenvalue weighted by Gasteiger charge is -2.32. The summed E-state index contributed by atoms with van der Waals surface area (Å²) in [5.74, 6) is 1.93. The highest BCUT2D eigenvalue weighted by atomic mass is 16.2. The van der Waals surface area contributed by atoms with Crippen LogP contribution >= 0.6 is 0 Å². The lowest BCUT2D eigenvalue weighted by Crippen LogP contribution is -2.38. The first-order valence-electron chi connectivity index (χ1n) is 10.0. The highest BCUT2D eigenvalue weighted by Gasteiger charge is 2.26. The van der Waals surface area contributed by atoms with Crippen LogP contribution in [0, 0.1) is 6.92 Å². The third kappa shape index (κ3) is 5.42. The van der Waals surface area contributed by atoms with Crippen molar-refractivity contribution in [2.24, 2.45) is 0 Å². The molecule has 2 heterocycles. The van der Waals surface area contributed by atoms with Gasteiger partial charge in [0.25, 0.3) is 0 Å². The summed E-state index contributed by atoms with van der Waals surface area (Å²) in [5.41, 5.74) is 2.50. The molecule has 146 valence electrons. The first-order valence-corrected chi connectivity index (χ1v) is 10.0. The van der Waals surface area contributed by atoms with Crippen molar-refractivity contribution in [1.29, 1.82) is 0 Å². The van der Waals surface area contributed by atoms with Gasteiger partial charge in [0.15, 0.2) is 0 Å². The average molecular weight is 369 g/mol. The number of benzene rings is 1. The van der Waals surface area contributed by atoms with Gasteiger partial charge in [-0.1, -0.05) is 29.8 Å². The van der Waals surface area contributed by atoms with E-state index >= 15 is 0 Å². The van der Waals surface area contributed by atoms with Crippen molar-refractivity contribution in [3.63, 3.8) is 0 Å². The van der Waals surface area contributed by atoms with Gasteiger partial charge in [0, 0.05) is 50.9 Å². The zero-order valence-corrected chi connectivity index (χ0v) is 16.9. The fourth-order valence-electron chi connectivity index (χ4n) is 3.73. The van der Waals surface area contributed by atoms with Gasteiger partial charge in [-0.2, -0.15) is 0 Å². The highest BCUT2D eigenvalue weighted by molar-refractivity contribution is 5.76. The predicted molar refractivity (Wildman–Crippen MR) is 109 cm³/mol. The van der Waals surface area contributed by atoms with E-state index in [1.165, 1.54) is 17.0 Å². The molecule has 1 saturated heterocycles. The van der Waals surface area contributed by atoms with Gasteiger partial charge in [-0.3, -0.25) is 4.79 Å². The number of aromatic nitrogens is 2. The molecule has 5 heteroatoms. The number of likely N-dealkylation sites (tertiary alicyclic amines) is 1. The van der Waals surface area contributed by atoms with Crippen LogP contribution in [0.15, 0.2) is 36.7 Å². The van der Waals surface area contributed by atoms with Crippen LogP contribution in [-0.4, -0.2) is 59.0 Å². The third-order valence-electron chi connectivity index (χ3n) is 5.50. The molecule has 0 aliphatic carbocycles. The van der Waals surface area contributed by atoms with Gasteiger partial charge < -0.3 is 14.4 Å². The number of piperidine rings is 1. The zero-order valence-electron chi connectivity index (χ0n) is 16.9. The topological polar surface area (TPSA) is 41.4 Å². The molecule has 1 amide bonds. The van der Waals surface area contributed by atoms with Crippen molar-refractivity contribution in [1.82, 2.24) is 19.4 Å². The molecule has 0 saturated carbocycles. The van der Waals surface area contributed by atoms with Gasteiger partial charge in [0.1, 0.15) is 5.82 Å². The Morgan fingerprint density at radius 3 is 2.56 bits per heavy atom. The molecule has 0 N–H and O–H groups in total. The molecule has 3 rings (SSSR count). The molecule has 0 radical (unpaired) electrons. The van der Waals surface area contributed by atoms with Crippen LogP contribution in [0.5, 0.6) is 0 Å². The Hall–Kier alpha value is -2.14. The maximum Gasteiger partial charge on any atom is 0.222 e. The monoisotopic (exact) mass is 368 g/mol. The first-order chi connectivity index (χ1) is 13.0. The van der Waals surface area contributed by atoms with Crippen LogP contribution in [0.3, 0.4) is 0 Å². The normalized spacial score (nSPS) is 15.5. The van der Waals surface area contributed by atoms with Crippen LogP contribution < -0.4 is 0 Å². The number of nitrogens with zero attached hydrogens (tertiary/aromatic N) is 4. The van der Waals surface area contributed by atoms with Crippen LogP contribution in [0.1, 0.15) is 42.1 Å². The van der Waals surface area contributed by atoms with Crippen LogP contribution in [-0.2, 0) is 17.8 Å². The Kier molecular flexibility index (Phi) is 6.67. The van der Waals surface area contributed by atoms with Crippen molar-refractivity contribution in [2.75, 3.05) is 33.7 Å². The van der Waals surface area contributed by atoms with Crippen LogP contribution in [0.2, 0.25) is 0 Å². The van der Waals surface area contributed by atoms with E-state index in [0.29, 0.717) is 12.3 Å². The lowest BCUT2D eigenvalue weighted by molar-refractivity contribution is -0.132. The number of amides is 1. The minimum atomic E-state index is 0.282. The van der Waals surface area contributed by atoms with Gasteiger partial charge >= 0.3 is 0 Å². The molecule has 1 aromatic heterocycles. The van der Waals surface area contributed by atoms with E-state index in [1.54, 1.807) is 0 Å². The molecule has 27 heavy (non-hydrogen) atoms. The molecule has 1 aromatic carbocycles. The minimum absolute atomic E-state index is 0.282. The van der Waals surface area contributed by atoms with Crippen LogP contribution in [0.25, 0.3) is 0 Å². The number of likely N-dealkylation sites (N-methyl/N-ethyl adjacent to an activating group) is 1. The van der Waals surface area contributed by atoms with E-state index in [4.69, 9.17) is 0 Å². The van der Waals surface area contributed by atoms with Crippen molar-refractivity contribution in [3.8, 4) is 0 Å². The number of imidazole rings is 1. The lowest BCUT2D eigenvalue weighted by atomic mass is 9.95. The summed E-state index contributed by atoms with van der Waals surface area (Å²) in [6, 6.07) is 8.48. The molecule has 1 aliphatic rings. The summed E-state index contributed by atoms with van der Waals surface area (Å²) < 4.78 is 2.28. The molecular weight excluding hydrogens is 336 g/mol. The second kappa shape index (κ2) is 9.18. The first kappa shape index (κ1) is 19.6. The Morgan fingerprint density at radius 1 is 1.19 bits per heavy atom. The quantitative estimate of drug-likeness (QED) is 0.754. The summed E-state index contributed by atoms with van der Waals surface area (Å²) in [4.78, 5) is 21.4. The molecule has 0 spiro atoms. The number of carbonyl (C=O) groups is 1. The molecule has 5 nitrogen and oxygen atoms in total. The maximum atomic E-state index is 12.6. The summed E-state index contributed by atoms with van der Waals surface area (Å²) in [6.45, 7) is 5.76. The Morgan fingerprint density at radius 2 is 1.89 bits per heavy atom. The van der Waals surface area contributed by atoms with Gasteiger partial charge in [0.05, 0.1) is 0 Å².